The van der Waals surface area contributed by atoms with E-state index in [1.54, 1.807) is 6.07 Å². The second kappa shape index (κ2) is 7.18. The zero-order valence-electron chi connectivity index (χ0n) is 15.2. The number of aromatic nitrogens is 4. The summed E-state index contributed by atoms with van der Waals surface area (Å²) in [5.41, 5.74) is 4.65. The van der Waals surface area contributed by atoms with Crippen molar-refractivity contribution in [3.8, 4) is 11.5 Å². The Morgan fingerprint density at radius 2 is 1.76 bits per heavy atom. The van der Waals surface area contributed by atoms with Crippen molar-refractivity contribution in [2.45, 2.75) is 6.54 Å². The monoisotopic (exact) mass is 445 g/mol. The minimum atomic E-state index is -0.163. The Morgan fingerprint density at radius 1 is 0.966 bits per heavy atom. The van der Waals surface area contributed by atoms with Gasteiger partial charge in [0.2, 0.25) is 0 Å². The maximum atomic E-state index is 12.8. The quantitative estimate of drug-likeness (QED) is 0.371. The highest BCUT2D eigenvalue weighted by molar-refractivity contribution is 9.10. The lowest BCUT2D eigenvalue weighted by molar-refractivity contribution is 0.0952. The van der Waals surface area contributed by atoms with Crippen LogP contribution >= 0.6 is 15.9 Å². The number of aromatic amines is 2. The van der Waals surface area contributed by atoms with Crippen molar-refractivity contribution in [3.63, 3.8) is 0 Å². The molecule has 29 heavy (non-hydrogen) atoms. The Bertz CT molecular complexity index is 1340. The molecule has 3 N–H and O–H groups in total. The molecule has 0 fully saturated rings. The Labute approximate surface area is 174 Å². The summed E-state index contributed by atoms with van der Waals surface area (Å²) >= 11 is 3.42. The van der Waals surface area contributed by atoms with E-state index in [2.05, 4.69) is 41.4 Å². The topological polar surface area (TPSA) is 86.5 Å². The van der Waals surface area contributed by atoms with Crippen molar-refractivity contribution in [1.82, 2.24) is 25.5 Å². The van der Waals surface area contributed by atoms with E-state index in [0.717, 1.165) is 32.1 Å². The fourth-order valence-electron chi connectivity index (χ4n) is 3.35. The van der Waals surface area contributed by atoms with Gasteiger partial charge in [0.1, 0.15) is 11.2 Å². The molecule has 0 unspecified atom stereocenters. The van der Waals surface area contributed by atoms with Crippen LogP contribution in [0, 0.1) is 0 Å². The van der Waals surface area contributed by atoms with Gasteiger partial charge >= 0.3 is 0 Å². The van der Waals surface area contributed by atoms with Crippen molar-refractivity contribution in [2.24, 2.45) is 0 Å². The third-order valence-electron chi connectivity index (χ3n) is 4.82. The standard InChI is InChI=1S/C22H16BrN5O/c23-14-10-8-13(9-11-14)12-24-22(29)16-5-3-7-18-19(16)26-21(25-18)20-15-4-1-2-6-17(15)27-28-20/h1-11H,12H2,(H,24,29)(H,25,26)(H,27,28). The molecular formula is C22H16BrN5O. The van der Waals surface area contributed by atoms with Crippen LogP contribution in [-0.4, -0.2) is 26.1 Å². The molecule has 0 saturated carbocycles. The highest BCUT2D eigenvalue weighted by Crippen LogP contribution is 2.27. The number of rotatable bonds is 4. The van der Waals surface area contributed by atoms with Crippen LogP contribution in [0.25, 0.3) is 33.5 Å². The second-order valence-electron chi connectivity index (χ2n) is 6.71. The van der Waals surface area contributed by atoms with E-state index in [0.29, 0.717) is 23.4 Å². The van der Waals surface area contributed by atoms with Crippen LogP contribution in [-0.2, 0) is 6.54 Å². The summed E-state index contributed by atoms with van der Waals surface area (Å²) < 4.78 is 1.01. The fraction of sp³-hybridized carbons (Fsp3) is 0.0455. The van der Waals surface area contributed by atoms with Crippen molar-refractivity contribution in [3.05, 3.63) is 82.3 Å². The van der Waals surface area contributed by atoms with Gasteiger partial charge in [0.05, 0.1) is 16.6 Å². The van der Waals surface area contributed by atoms with Gasteiger partial charge in [-0.1, -0.05) is 52.3 Å². The Hall–Kier alpha value is -3.45. The fourth-order valence-corrected chi connectivity index (χ4v) is 3.62. The van der Waals surface area contributed by atoms with Gasteiger partial charge in [0.15, 0.2) is 5.82 Å². The molecule has 0 spiro atoms. The summed E-state index contributed by atoms with van der Waals surface area (Å²) in [5.74, 6) is 0.467. The normalized spacial score (nSPS) is 11.2. The number of imidazole rings is 1. The van der Waals surface area contributed by atoms with Crippen molar-refractivity contribution >= 4 is 43.8 Å². The average molecular weight is 446 g/mol. The van der Waals surface area contributed by atoms with E-state index in [1.165, 1.54) is 0 Å². The smallest absolute Gasteiger partial charge is 0.253 e. The predicted molar refractivity (Wildman–Crippen MR) is 116 cm³/mol. The maximum absolute atomic E-state index is 12.8. The van der Waals surface area contributed by atoms with E-state index in [1.807, 2.05) is 60.7 Å². The number of halogens is 1. The van der Waals surface area contributed by atoms with Gasteiger partial charge in [-0.2, -0.15) is 5.10 Å². The van der Waals surface area contributed by atoms with E-state index in [-0.39, 0.29) is 5.91 Å². The number of benzene rings is 3. The summed E-state index contributed by atoms with van der Waals surface area (Å²) in [6.45, 7) is 0.448. The molecule has 5 rings (SSSR count). The van der Waals surface area contributed by atoms with Gasteiger partial charge in [-0.3, -0.25) is 9.89 Å². The highest BCUT2D eigenvalue weighted by Gasteiger charge is 2.17. The summed E-state index contributed by atoms with van der Waals surface area (Å²) in [4.78, 5) is 20.8. The summed E-state index contributed by atoms with van der Waals surface area (Å²) in [6.07, 6.45) is 0. The Morgan fingerprint density at radius 3 is 2.62 bits per heavy atom. The highest BCUT2D eigenvalue weighted by atomic mass is 79.9. The molecule has 3 aromatic carbocycles. The van der Waals surface area contributed by atoms with Gasteiger partial charge in [0.25, 0.3) is 5.91 Å². The van der Waals surface area contributed by atoms with Crippen LogP contribution in [0.2, 0.25) is 0 Å². The van der Waals surface area contributed by atoms with Crippen LogP contribution in [0.1, 0.15) is 15.9 Å². The van der Waals surface area contributed by atoms with Gasteiger partial charge in [-0.15, -0.1) is 0 Å². The number of amides is 1. The molecule has 6 nitrogen and oxygen atoms in total. The molecule has 5 aromatic rings. The first-order valence-corrected chi connectivity index (χ1v) is 9.93. The number of carbonyl (C=O) groups is 1. The molecule has 0 atom stereocenters. The van der Waals surface area contributed by atoms with Gasteiger partial charge < -0.3 is 10.3 Å². The largest absolute Gasteiger partial charge is 0.348 e. The van der Waals surface area contributed by atoms with E-state index < -0.39 is 0 Å². The first-order valence-electron chi connectivity index (χ1n) is 9.14. The number of para-hydroxylation sites is 2. The van der Waals surface area contributed by atoms with Crippen molar-refractivity contribution in [2.75, 3.05) is 0 Å². The molecule has 0 saturated heterocycles. The number of fused-ring (bicyclic) bond motifs is 2. The van der Waals surface area contributed by atoms with Crippen molar-refractivity contribution < 1.29 is 4.79 Å². The Kier molecular flexibility index (Phi) is 4.37. The zero-order valence-corrected chi connectivity index (χ0v) is 16.8. The molecule has 1 amide bonds. The van der Waals surface area contributed by atoms with E-state index in [9.17, 15) is 4.79 Å². The molecule has 0 bridgehead atoms. The van der Waals surface area contributed by atoms with Gasteiger partial charge in [-0.05, 0) is 35.9 Å². The number of H-pyrrole nitrogens is 2. The van der Waals surface area contributed by atoms with Gasteiger partial charge in [0, 0.05) is 16.4 Å². The molecule has 0 aliphatic rings. The van der Waals surface area contributed by atoms with E-state index >= 15 is 0 Å². The second-order valence-corrected chi connectivity index (χ2v) is 7.63. The number of nitrogens with zero attached hydrogens (tertiary/aromatic N) is 2. The maximum Gasteiger partial charge on any atom is 0.253 e. The van der Waals surface area contributed by atoms with Gasteiger partial charge in [-0.25, -0.2) is 4.98 Å². The number of hydrogen-bond donors (Lipinski definition) is 3. The zero-order chi connectivity index (χ0) is 19.8. The third-order valence-corrected chi connectivity index (χ3v) is 5.35. The molecule has 0 aliphatic heterocycles. The minimum absolute atomic E-state index is 0.163. The lowest BCUT2D eigenvalue weighted by atomic mass is 10.1. The first-order chi connectivity index (χ1) is 14.2. The SMILES string of the molecule is O=C(NCc1ccc(Br)cc1)c1cccc2[nH]c(-c3n[nH]c4ccccc34)nc12. The van der Waals surface area contributed by atoms with Crippen LogP contribution in [0.4, 0.5) is 0 Å². The van der Waals surface area contributed by atoms with Crippen molar-refractivity contribution in [1.29, 1.82) is 0 Å². The first kappa shape index (κ1) is 17.6. The molecule has 2 heterocycles. The Balaban J connectivity index is 1.47. The predicted octanol–water partition coefficient (Wildman–Crippen LogP) is 4.80. The van der Waals surface area contributed by atoms with Crippen LogP contribution in [0.5, 0.6) is 0 Å². The molecule has 2 aromatic heterocycles. The van der Waals surface area contributed by atoms with Crippen LogP contribution in [0.3, 0.4) is 0 Å². The van der Waals surface area contributed by atoms with E-state index in [4.69, 9.17) is 0 Å². The lowest BCUT2D eigenvalue weighted by Gasteiger charge is -2.06. The van der Waals surface area contributed by atoms with Crippen LogP contribution < -0.4 is 5.32 Å². The summed E-state index contributed by atoms with van der Waals surface area (Å²) in [6, 6.07) is 21.3. The number of hydrogen-bond acceptors (Lipinski definition) is 3. The number of nitrogens with one attached hydrogen (secondary N) is 3. The molecule has 7 heteroatoms. The average Bonchev–Trinajstić information content (AvgIpc) is 3.36. The third kappa shape index (κ3) is 3.30. The molecule has 0 radical (unpaired) electrons. The molecular weight excluding hydrogens is 430 g/mol. The lowest BCUT2D eigenvalue weighted by Crippen LogP contribution is -2.23. The molecule has 0 aliphatic carbocycles. The molecule has 142 valence electrons. The summed E-state index contributed by atoms with van der Waals surface area (Å²) in [7, 11) is 0. The minimum Gasteiger partial charge on any atom is -0.348 e. The van der Waals surface area contributed by atoms with Crippen LogP contribution in [0.15, 0.2) is 71.2 Å². The summed E-state index contributed by atoms with van der Waals surface area (Å²) in [5, 5.41) is 11.4. The number of carbonyl (C=O) groups excluding carboxylic acids is 1.